The van der Waals surface area contributed by atoms with Gasteiger partial charge in [-0.05, 0) is 24.6 Å². The van der Waals surface area contributed by atoms with E-state index in [4.69, 9.17) is 9.47 Å². The van der Waals surface area contributed by atoms with E-state index in [-0.39, 0.29) is 18.0 Å². The van der Waals surface area contributed by atoms with E-state index in [0.29, 0.717) is 13.1 Å². The van der Waals surface area contributed by atoms with E-state index < -0.39 is 0 Å². The summed E-state index contributed by atoms with van der Waals surface area (Å²) in [5, 5.41) is 6.29. The largest absolute Gasteiger partial charge is 0.375 e. The highest BCUT2D eigenvalue weighted by Crippen LogP contribution is 2.21. The topological polar surface area (TPSA) is 59.0 Å². The Balaban J connectivity index is 1.95. The maximum Gasteiger partial charge on any atom is 0.193 e. The fraction of sp³-hybridized carbons (Fsp3) is 0.474. The van der Waals surface area contributed by atoms with Crippen LogP contribution in [0.3, 0.4) is 0 Å². The molecule has 2 unspecified atom stereocenters. The minimum absolute atomic E-state index is 0.00957. The number of guanidine groups is 1. The number of hydrogen-bond donors (Lipinski definition) is 1. The van der Waals surface area contributed by atoms with Crippen LogP contribution >= 0.6 is 11.3 Å². The van der Waals surface area contributed by atoms with Crippen molar-refractivity contribution in [3.05, 3.63) is 51.7 Å². The zero-order chi connectivity index (χ0) is 19.8. The Morgan fingerprint density at radius 2 is 2.00 bits per heavy atom. The van der Waals surface area contributed by atoms with Crippen molar-refractivity contribution < 1.29 is 13.9 Å². The molecule has 1 N–H and O–H groups in total. The normalized spacial score (nSPS) is 14.1. The average Bonchev–Trinajstić information content (AvgIpc) is 3.14. The van der Waals surface area contributed by atoms with Gasteiger partial charge in [-0.15, -0.1) is 11.3 Å². The van der Waals surface area contributed by atoms with E-state index in [1.807, 2.05) is 24.3 Å². The zero-order valence-electron chi connectivity index (χ0n) is 16.4. The van der Waals surface area contributed by atoms with Crippen molar-refractivity contribution in [1.29, 1.82) is 0 Å². The van der Waals surface area contributed by atoms with Gasteiger partial charge in [-0.1, -0.05) is 12.1 Å². The monoisotopic (exact) mass is 394 g/mol. The summed E-state index contributed by atoms with van der Waals surface area (Å²) in [5.41, 5.74) is 1.87. The number of nitrogens with one attached hydrogen (secondary N) is 1. The molecule has 1 heterocycles. The van der Waals surface area contributed by atoms with E-state index >= 15 is 0 Å². The second-order valence-corrected chi connectivity index (χ2v) is 7.00. The van der Waals surface area contributed by atoms with Crippen molar-refractivity contribution in [2.75, 3.05) is 34.9 Å². The molecule has 1 aromatic heterocycles. The highest BCUT2D eigenvalue weighted by Gasteiger charge is 2.15. The number of hydrogen-bond acceptors (Lipinski definition) is 5. The van der Waals surface area contributed by atoms with Gasteiger partial charge in [-0.3, -0.25) is 4.99 Å². The molecule has 148 valence electrons. The SMILES string of the molecule is CN=C(NCC(OC)c1ccc(F)cc1)N(C)Cc1csc(C(C)OC)n1. The summed E-state index contributed by atoms with van der Waals surface area (Å²) in [6, 6.07) is 6.32. The predicted octanol–water partition coefficient (Wildman–Crippen LogP) is 3.38. The van der Waals surface area contributed by atoms with Crippen molar-refractivity contribution in [2.24, 2.45) is 4.99 Å². The second kappa shape index (κ2) is 10.3. The van der Waals surface area contributed by atoms with Crippen LogP contribution in [0.25, 0.3) is 0 Å². The number of rotatable bonds is 8. The highest BCUT2D eigenvalue weighted by atomic mass is 32.1. The molecule has 6 nitrogen and oxygen atoms in total. The quantitative estimate of drug-likeness (QED) is 0.549. The summed E-state index contributed by atoms with van der Waals surface area (Å²) >= 11 is 1.59. The zero-order valence-corrected chi connectivity index (χ0v) is 17.2. The lowest BCUT2D eigenvalue weighted by molar-refractivity contribution is 0.106. The molecule has 8 heteroatoms. The van der Waals surface area contributed by atoms with Crippen molar-refractivity contribution in [3.8, 4) is 0 Å². The maximum atomic E-state index is 13.1. The number of benzene rings is 1. The number of ether oxygens (including phenoxy) is 2. The van der Waals surface area contributed by atoms with Crippen LogP contribution in [-0.4, -0.2) is 50.7 Å². The fourth-order valence-corrected chi connectivity index (χ4v) is 3.43. The number of methoxy groups -OCH3 is 2. The van der Waals surface area contributed by atoms with Crippen LogP contribution in [0.2, 0.25) is 0 Å². The van der Waals surface area contributed by atoms with Crippen molar-refractivity contribution >= 4 is 17.3 Å². The third-order valence-corrected chi connectivity index (χ3v) is 5.27. The molecule has 0 aliphatic rings. The molecule has 27 heavy (non-hydrogen) atoms. The summed E-state index contributed by atoms with van der Waals surface area (Å²) < 4.78 is 24.0. The smallest absolute Gasteiger partial charge is 0.193 e. The molecule has 2 atom stereocenters. The maximum absolute atomic E-state index is 13.1. The lowest BCUT2D eigenvalue weighted by Gasteiger charge is -2.24. The van der Waals surface area contributed by atoms with Crippen LogP contribution in [0.5, 0.6) is 0 Å². The number of aliphatic imine (C=N–C) groups is 1. The lowest BCUT2D eigenvalue weighted by Crippen LogP contribution is -2.40. The van der Waals surface area contributed by atoms with Crippen molar-refractivity contribution in [1.82, 2.24) is 15.2 Å². The van der Waals surface area contributed by atoms with Gasteiger partial charge in [0.2, 0.25) is 0 Å². The molecule has 0 spiro atoms. The summed E-state index contributed by atoms with van der Waals surface area (Å²) in [4.78, 5) is 10.9. The molecule has 2 aromatic rings. The van der Waals surface area contributed by atoms with Gasteiger partial charge in [0.05, 0.1) is 18.3 Å². The van der Waals surface area contributed by atoms with Crippen LogP contribution in [0, 0.1) is 5.82 Å². The molecule has 2 rings (SSSR count). The third kappa shape index (κ3) is 5.98. The molecule has 0 bridgehead atoms. The van der Waals surface area contributed by atoms with E-state index in [1.54, 1.807) is 44.7 Å². The Bertz CT molecular complexity index is 736. The molecular formula is C19H27FN4O2S. The summed E-state index contributed by atoms with van der Waals surface area (Å²) in [5.74, 6) is 0.469. The first-order valence-electron chi connectivity index (χ1n) is 8.65. The molecule has 0 saturated heterocycles. The molecule has 0 fully saturated rings. The van der Waals surface area contributed by atoms with Gasteiger partial charge in [-0.2, -0.15) is 0 Å². The van der Waals surface area contributed by atoms with E-state index in [2.05, 4.69) is 15.3 Å². The average molecular weight is 395 g/mol. The number of aromatic nitrogens is 1. The fourth-order valence-electron chi connectivity index (χ4n) is 2.58. The third-order valence-electron chi connectivity index (χ3n) is 4.22. The first-order chi connectivity index (χ1) is 13.0. The van der Waals surface area contributed by atoms with Gasteiger partial charge in [-0.25, -0.2) is 9.37 Å². The van der Waals surface area contributed by atoms with Gasteiger partial charge in [0.15, 0.2) is 5.96 Å². The Labute approximate surface area is 164 Å². The molecule has 1 aromatic carbocycles. The molecule has 0 aliphatic carbocycles. The first kappa shape index (κ1) is 21.3. The van der Waals surface area contributed by atoms with Crippen LogP contribution in [0.15, 0.2) is 34.6 Å². The first-order valence-corrected chi connectivity index (χ1v) is 9.53. The molecule has 0 aliphatic heterocycles. The second-order valence-electron chi connectivity index (χ2n) is 6.12. The Morgan fingerprint density at radius 1 is 1.30 bits per heavy atom. The van der Waals surface area contributed by atoms with Crippen LogP contribution in [-0.2, 0) is 16.0 Å². The molecule has 0 saturated carbocycles. The molecule has 0 amide bonds. The minimum Gasteiger partial charge on any atom is -0.375 e. The molecule has 0 radical (unpaired) electrons. The van der Waals surface area contributed by atoms with Gasteiger partial charge in [0, 0.05) is 40.2 Å². The highest BCUT2D eigenvalue weighted by molar-refractivity contribution is 7.09. The number of thiazole rings is 1. The van der Waals surface area contributed by atoms with Gasteiger partial charge in [0.25, 0.3) is 0 Å². The van der Waals surface area contributed by atoms with Gasteiger partial charge >= 0.3 is 0 Å². The van der Waals surface area contributed by atoms with E-state index in [1.165, 1.54) is 12.1 Å². The Kier molecular flexibility index (Phi) is 8.15. The van der Waals surface area contributed by atoms with E-state index in [9.17, 15) is 4.39 Å². The van der Waals surface area contributed by atoms with Crippen molar-refractivity contribution in [2.45, 2.75) is 25.7 Å². The summed E-state index contributed by atoms with van der Waals surface area (Å²) in [6.45, 7) is 3.12. The standard InChI is InChI=1S/C19H27FN4O2S/c1-13(25-4)18-23-16(12-27-18)11-24(3)19(21-2)22-10-17(26-5)14-6-8-15(20)9-7-14/h6-9,12-13,17H,10-11H2,1-5H3,(H,21,22). The van der Waals surface area contributed by atoms with Crippen LogP contribution in [0.1, 0.15) is 35.4 Å². The lowest BCUT2D eigenvalue weighted by atomic mass is 10.1. The van der Waals surface area contributed by atoms with Crippen LogP contribution < -0.4 is 5.32 Å². The molecular weight excluding hydrogens is 367 g/mol. The van der Waals surface area contributed by atoms with Gasteiger partial charge < -0.3 is 19.7 Å². The van der Waals surface area contributed by atoms with Gasteiger partial charge in [0.1, 0.15) is 16.9 Å². The predicted molar refractivity (Wildman–Crippen MR) is 107 cm³/mol. The minimum atomic E-state index is -0.262. The van der Waals surface area contributed by atoms with E-state index in [0.717, 1.165) is 22.2 Å². The van der Waals surface area contributed by atoms with Crippen molar-refractivity contribution in [3.63, 3.8) is 0 Å². The number of halogens is 1. The van der Waals surface area contributed by atoms with Crippen LogP contribution in [0.4, 0.5) is 4.39 Å². The summed E-state index contributed by atoms with van der Waals surface area (Å²) in [6.07, 6.45) is -0.214. The number of nitrogens with zero attached hydrogens (tertiary/aromatic N) is 3. The summed E-state index contributed by atoms with van der Waals surface area (Å²) in [7, 11) is 7.00. The Hall–Kier alpha value is -2.03. The Morgan fingerprint density at radius 3 is 2.59 bits per heavy atom.